The second-order valence-electron chi connectivity index (χ2n) is 4.36. The fraction of sp³-hybridized carbons (Fsp3) is 0.333. The van der Waals surface area contributed by atoms with E-state index in [9.17, 15) is 9.59 Å². The third-order valence-corrected chi connectivity index (χ3v) is 2.47. The number of hydrogen-bond donors (Lipinski definition) is 2. The van der Waals surface area contributed by atoms with Crippen LogP contribution in [0.25, 0.3) is 11.1 Å². The van der Waals surface area contributed by atoms with E-state index >= 15 is 0 Å². The normalized spacial score (nSPS) is 10.9. The lowest BCUT2D eigenvalue weighted by Gasteiger charge is -2.09. The predicted molar refractivity (Wildman–Crippen MR) is 68.7 cm³/mol. The van der Waals surface area contributed by atoms with Crippen molar-refractivity contribution in [3.05, 3.63) is 28.7 Å². The molecule has 0 bridgehead atoms. The number of amides is 2. The first-order chi connectivity index (χ1) is 8.47. The van der Waals surface area contributed by atoms with Gasteiger partial charge in [-0.2, -0.15) is 0 Å². The molecule has 6 heteroatoms. The maximum Gasteiger partial charge on any atom is 0.419 e. The van der Waals surface area contributed by atoms with Gasteiger partial charge in [0, 0.05) is 24.8 Å². The Kier molecular flexibility index (Phi) is 3.10. The van der Waals surface area contributed by atoms with Gasteiger partial charge in [-0.05, 0) is 26.0 Å². The van der Waals surface area contributed by atoms with Gasteiger partial charge in [0.1, 0.15) is 0 Å². The van der Waals surface area contributed by atoms with Gasteiger partial charge in [0.05, 0.1) is 5.52 Å². The quantitative estimate of drug-likeness (QED) is 0.849. The molecule has 0 radical (unpaired) electrons. The Morgan fingerprint density at radius 2 is 2.11 bits per heavy atom. The van der Waals surface area contributed by atoms with Crippen LogP contribution >= 0.6 is 0 Å². The average molecular weight is 249 g/mol. The number of nitrogens with zero attached hydrogens (tertiary/aromatic N) is 1. The minimum atomic E-state index is -0.422. The number of hydrogen-bond acceptors (Lipinski definition) is 3. The lowest BCUT2D eigenvalue weighted by molar-refractivity contribution is 0.250. The summed E-state index contributed by atoms with van der Waals surface area (Å²) in [4.78, 5) is 22.8. The molecule has 0 fully saturated rings. The molecule has 1 aromatic carbocycles. The highest BCUT2D eigenvalue weighted by Gasteiger charge is 2.08. The van der Waals surface area contributed by atoms with Crippen molar-refractivity contribution in [2.45, 2.75) is 19.9 Å². The summed E-state index contributed by atoms with van der Waals surface area (Å²) in [6, 6.07) is 4.84. The summed E-state index contributed by atoms with van der Waals surface area (Å²) in [5, 5.41) is 5.38. The molecule has 2 rings (SSSR count). The molecule has 0 saturated heterocycles. The second-order valence-corrected chi connectivity index (χ2v) is 4.36. The van der Waals surface area contributed by atoms with Crippen molar-refractivity contribution in [1.29, 1.82) is 0 Å². The van der Waals surface area contributed by atoms with Crippen LogP contribution in [0.5, 0.6) is 0 Å². The molecule has 0 spiro atoms. The molecule has 0 unspecified atom stereocenters. The van der Waals surface area contributed by atoms with Crippen LogP contribution in [-0.2, 0) is 7.05 Å². The van der Waals surface area contributed by atoms with E-state index in [0.29, 0.717) is 16.8 Å². The fourth-order valence-electron chi connectivity index (χ4n) is 1.64. The molecule has 96 valence electrons. The molecule has 0 aliphatic carbocycles. The Labute approximate surface area is 104 Å². The third-order valence-electron chi connectivity index (χ3n) is 2.47. The minimum absolute atomic E-state index is 0.0587. The smallest absolute Gasteiger partial charge is 0.408 e. The van der Waals surface area contributed by atoms with Crippen LogP contribution in [0.2, 0.25) is 0 Å². The standard InChI is InChI=1S/C12H15N3O3/c1-7(2)13-11(16)14-8-4-5-9-10(6-8)18-12(17)15(9)3/h4-7H,1-3H3,(H2,13,14,16). The Morgan fingerprint density at radius 3 is 2.78 bits per heavy atom. The number of oxazole rings is 1. The average Bonchev–Trinajstić information content (AvgIpc) is 2.53. The van der Waals surface area contributed by atoms with Crippen molar-refractivity contribution in [3.63, 3.8) is 0 Å². The van der Waals surface area contributed by atoms with Gasteiger partial charge in [0.2, 0.25) is 0 Å². The van der Waals surface area contributed by atoms with Crippen molar-refractivity contribution in [2.75, 3.05) is 5.32 Å². The van der Waals surface area contributed by atoms with Gasteiger partial charge in [-0.1, -0.05) is 0 Å². The van der Waals surface area contributed by atoms with Crippen molar-refractivity contribution in [1.82, 2.24) is 9.88 Å². The zero-order valence-electron chi connectivity index (χ0n) is 10.5. The molecule has 2 amide bonds. The van der Waals surface area contributed by atoms with Crippen LogP contribution in [0.15, 0.2) is 27.4 Å². The van der Waals surface area contributed by atoms with E-state index in [1.54, 1.807) is 25.2 Å². The van der Waals surface area contributed by atoms with Crippen molar-refractivity contribution < 1.29 is 9.21 Å². The van der Waals surface area contributed by atoms with E-state index in [2.05, 4.69) is 10.6 Å². The molecular formula is C12H15N3O3. The van der Waals surface area contributed by atoms with Crippen LogP contribution in [0.3, 0.4) is 0 Å². The monoisotopic (exact) mass is 249 g/mol. The van der Waals surface area contributed by atoms with Crippen LogP contribution in [0, 0.1) is 0 Å². The highest BCUT2D eigenvalue weighted by Crippen LogP contribution is 2.17. The third kappa shape index (κ3) is 2.37. The van der Waals surface area contributed by atoms with Gasteiger partial charge in [-0.3, -0.25) is 4.57 Å². The van der Waals surface area contributed by atoms with Crippen molar-refractivity contribution in [2.24, 2.45) is 7.05 Å². The molecule has 2 N–H and O–H groups in total. The molecule has 1 aromatic heterocycles. The SMILES string of the molecule is CC(C)NC(=O)Nc1ccc2c(c1)oc(=O)n2C. The van der Waals surface area contributed by atoms with Crippen LogP contribution < -0.4 is 16.4 Å². The topological polar surface area (TPSA) is 76.3 Å². The van der Waals surface area contributed by atoms with Crippen molar-refractivity contribution >= 4 is 22.8 Å². The van der Waals surface area contributed by atoms with Crippen LogP contribution in [-0.4, -0.2) is 16.6 Å². The van der Waals surface area contributed by atoms with E-state index in [0.717, 1.165) is 0 Å². The summed E-state index contributed by atoms with van der Waals surface area (Å²) in [7, 11) is 1.63. The van der Waals surface area contributed by atoms with E-state index in [-0.39, 0.29) is 12.1 Å². The number of aryl methyl sites for hydroxylation is 1. The number of benzene rings is 1. The molecule has 0 atom stereocenters. The summed E-state index contributed by atoms with van der Waals surface area (Å²) in [5.41, 5.74) is 1.72. The molecule has 0 aliphatic rings. The Balaban J connectivity index is 2.25. The van der Waals surface area contributed by atoms with Gasteiger partial charge in [0.25, 0.3) is 0 Å². The van der Waals surface area contributed by atoms with Gasteiger partial charge in [-0.15, -0.1) is 0 Å². The zero-order valence-corrected chi connectivity index (χ0v) is 10.5. The number of carbonyl (C=O) groups is 1. The van der Waals surface area contributed by atoms with Gasteiger partial charge < -0.3 is 15.1 Å². The van der Waals surface area contributed by atoms with E-state index in [4.69, 9.17) is 4.42 Å². The highest BCUT2D eigenvalue weighted by atomic mass is 16.4. The van der Waals surface area contributed by atoms with E-state index < -0.39 is 5.76 Å². The summed E-state index contributed by atoms with van der Waals surface area (Å²) < 4.78 is 6.45. The first kappa shape index (κ1) is 12.2. The molecule has 6 nitrogen and oxygen atoms in total. The Hall–Kier alpha value is -2.24. The largest absolute Gasteiger partial charge is 0.419 e. The van der Waals surface area contributed by atoms with Crippen molar-refractivity contribution in [3.8, 4) is 0 Å². The zero-order chi connectivity index (χ0) is 13.3. The molecular weight excluding hydrogens is 234 g/mol. The number of rotatable bonds is 2. The first-order valence-corrected chi connectivity index (χ1v) is 5.64. The van der Waals surface area contributed by atoms with Gasteiger partial charge in [-0.25, -0.2) is 9.59 Å². The van der Waals surface area contributed by atoms with Gasteiger partial charge in [0.15, 0.2) is 5.58 Å². The highest BCUT2D eigenvalue weighted by molar-refractivity contribution is 5.91. The lowest BCUT2D eigenvalue weighted by atomic mass is 10.3. The molecule has 2 aromatic rings. The number of anilines is 1. The maximum atomic E-state index is 11.5. The van der Waals surface area contributed by atoms with Crippen LogP contribution in [0.4, 0.5) is 10.5 Å². The lowest BCUT2D eigenvalue weighted by Crippen LogP contribution is -2.34. The molecule has 1 heterocycles. The van der Waals surface area contributed by atoms with E-state index in [1.165, 1.54) is 4.57 Å². The summed E-state index contributed by atoms with van der Waals surface area (Å²) in [6.07, 6.45) is 0. The Bertz CT molecular complexity index is 640. The summed E-state index contributed by atoms with van der Waals surface area (Å²) in [6.45, 7) is 3.75. The number of urea groups is 1. The molecule has 18 heavy (non-hydrogen) atoms. The summed E-state index contributed by atoms with van der Waals surface area (Å²) >= 11 is 0. The molecule has 0 saturated carbocycles. The number of fused-ring (bicyclic) bond motifs is 1. The number of nitrogens with one attached hydrogen (secondary N) is 2. The number of carbonyl (C=O) groups excluding carboxylic acids is 1. The van der Waals surface area contributed by atoms with Crippen LogP contribution in [0.1, 0.15) is 13.8 Å². The first-order valence-electron chi connectivity index (χ1n) is 5.64. The summed E-state index contributed by atoms with van der Waals surface area (Å²) in [5.74, 6) is -0.422. The maximum absolute atomic E-state index is 11.5. The second kappa shape index (κ2) is 4.56. The Morgan fingerprint density at radius 1 is 1.39 bits per heavy atom. The molecule has 0 aliphatic heterocycles. The fourth-order valence-corrected chi connectivity index (χ4v) is 1.64. The van der Waals surface area contributed by atoms with Gasteiger partial charge >= 0.3 is 11.8 Å². The number of aromatic nitrogens is 1. The minimum Gasteiger partial charge on any atom is -0.408 e. The predicted octanol–water partition coefficient (Wildman–Crippen LogP) is 1.66. The van der Waals surface area contributed by atoms with E-state index in [1.807, 2.05) is 13.8 Å².